The van der Waals surface area contributed by atoms with E-state index in [4.69, 9.17) is 30.8 Å². The van der Waals surface area contributed by atoms with Crippen LogP contribution in [0.5, 0.6) is 11.5 Å². The molecule has 1 aliphatic heterocycles. The van der Waals surface area contributed by atoms with Gasteiger partial charge in [0.25, 0.3) is 11.5 Å². The number of carbonyl (C=O) groups is 1. The van der Waals surface area contributed by atoms with Crippen LogP contribution in [0.4, 0.5) is 0 Å². The SMILES string of the molecule is CCOc1cc(C)c(-c2nc3ccccc3c(=O)n2N=Cc2cc(Cl)c(OCC(=O)N3CCOCC3)c(Br)c2)cc1C(C)C. The first-order valence-corrected chi connectivity index (χ1v) is 15.7. The number of nitrogens with zero attached hydrogens (tertiary/aromatic N) is 4. The first kappa shape index (κ1) is 31.7. The lowest BCUT2D eigenvalue weighted by molar-refractivity contribution is -0.137. The Morgan fingerprint density at radius 2 is 1.91 bits per heavy atom. The molecule has 0 atom stereocenters. The third-order valence-electron chi connectivity index (χ3n) is 7.32. The van der Waals surface area contributed by atoms with Crippen LogP contribution in [0.2, 0.25) is 5.02 Å². The zero-order valence-electron chi connectivity index (χ0n) is 25.1. The monoisotopic (exact) mass is 680 g/mol. The topological polar surface area (TPSA) is 95.2 Å². The molecule has 0 saturated carbocycles. The smallest absolute Gasteiger partial charge is 0.282 e. The summed E-state index contributed by atoms with van der Waals surface area (Å²) in [5, 5.41) is 5.36. The molecule has 1 fully saturated rings. The predicted octanol–water partition coefficient (Wildman–Crippen LogP) is 6.43. The van der Waals surface area contributed by atoms with E-state index in [1.165, 1.54) is 4.68 Å². The Kier molecular flexibility index (Phi) is 10.0. The number of aromatic nitrogens is 2. The predicted molar refractivity (Wildman–Crippen MR) is 176 cm³/mol. The number of hydrogen-bond donors (Lipinski definition) is 0. The quantitative estimate of drug-likeness (QED) is 0.189. The Hall–Kier alpha value is -3.73. The highest BCUT2D eigenvalue weighted by Crippen LogP contribution is 2.36. The molecule has 230 valence electrons. The summed E-state index contributed by atoms with van der Waals surface area (Å²) in [6, 6.07) is 14.7. The molecular formula is C33H34BrClN4O5. The summed E-state index contributed by atoms with van der Waals surface area (Å²) in [5.74, 6) is 1.63. The van der Waals surface area contributed by atoms with E-state index in [0.29, 0.717) is 70.4 Å². The second kappa shape index (κ2) is 13.9. The summed E-state index contributed by atoms with van der Waals surface area (Å²) in [6.07, 6.45) is 1.55. The number of amides is 1. The number of ether oxygens (including phenoxy) is 3. The van der Waals surface area contributed by atoms with Crippen molar-refractivity contribution in [2.75, 3.05) is 39.5 Å². The number of para-hydroxylation sites is 1. The minimum atomic E-state index is -0.298. The number of aryl methyl sites for hydroxylation is 1. The summed E-state index contributed by atoms with van der Waals surface area (Å²) in [4.78, 5) is 32.9. The maximum atomic E-state index is 13.8. The Balaban J connectivity index is 1.52. The Labute approximate surface area is 269 Å². The standard InChI is InChI=1S/C33H34BrClN4O5/c1-5-43-29-14-21(4)25(17-24(29)20(2)3)32-37-28-9-7-6-8-23(28)33(41)39(32)36-18-22-15-26(34)31(27(35)16-22)44-19-30(40)38-10-12-42-13-11-38/h6-9,14-18,20H,5,10-13,19H2,1-4H3. The molecule has 2 heterocycles. The Bertz CT molecular complexity index is 1760. The number of rotatable bonds is 9. The van der Waals surface area contributed by atoms with E-state index >= 15 is 0 Å². The number of carbonyl (C=O) groups excluding carboxylic acids is 1. The molecule has 1 aromatic heterocycles. The van der Waals surface area contributed by atoms with E-state index in [1.807, 2.05) is 38.1 Å². The minimum Gasteiger partial charge on any atom is -0.494 e. The summed E-state index contributed by atoms with van der Waals surface area (Å²) >= 11 is 10.1. The molecule has 5 rings (SSSR count). The van der Waals surface area contributed by atoms with E-state index in [2.05, 4.69) is 34.9 Å². The zero-order chi connectivity index (χ0) is 31.4. The zero-order valence-corrected chi connectivity index (χ0v) is 27.4. The van der Waals surface area contributed by atoms with Crippen LogP contribution in [-0.2, 0) is 9.53 Å². The molecule has 0 aliphatic carbocycles. The maximum absolute atomic E-state index is 13.8. The van der Waals surface area contributed by atoms with Crippen molar-refractivity contribution in [1.29, 1.82) is 0 Å². The van der Waals surface area contributed by atoms with Crippen molar-refractivity contribution in [3.8, 4) is 22.9 Å². The number of morpholine rings is 1. The second-order valence-corrected chi connectivity index (χ2v) is 12.0. The molecule has 3 aromatic carbocycles. The molecule has 11 heteroatoms. The van der Waals surface area contributed by atoms with E-state index < -0.39 is 0 Å². The van der Waals surface area contributed by atoms with Crippen LogP contribution in [0, 0.1) is 6.92 Å². The van der Waals surface area contributed by atoms with Crippen LogP contribution in [0.15, 0.2) is 62.9 Å². The fourth-order valence-electron chi connectivity index (χ4n) is 5.03. The van der Waals surface area contributed by atoms with Gasteiger partial charge in [0.05, 0.1) is 46.4 Å². The Morgan fingerprint density at radius 3 is 2.61 bits per heavy atom. The Morgan fingerprint density at radius 1 is 1.16 bits per heavy atom. The first-order valence-electron chi connectivity index (χ1n) is 14.5. The molecule has 0 N–H and O–H groups in total. The van der Waals surface area contributed by atoms with Gasteiger partial charge in [-0.2, -0.15) is 9.78 Å². The van der Waals surface area contributed by atoms with Crippen LogP contribution >= 0.6 is 27.5 Å². The van der Waals surface area contributed by atoms with Crippen LogP contribution in [0.1, 0.15) is 43.4 Å². The average molecular weight is 682 g/mol. The van der Waals surface area contributed by atoms with Crippen molar-refractivity contribution in [2.24, 2.45) is 5.10 Å². The van der Waals surface area contributed by atoms with Gasteiger partial charge in [0, 0.05) is 18.7 Å². The molecule has 1 aliphatic rings. The molecular weight excluding hydrogens is 648 g/mol. The highest BCUT2D eigenvalue weighted by Gasteiger charge is 2.20. The van der Waals surface area contributed by atoms with Crippen LogP contribution in [0.3, 0.4) is 0 Å². The lowest BCUT2D eigenvalue weighted by atomic mass is 9.96. The number of halogens is 2. The minimum absolute atomic E-state index is 0.136. The van der Waals surface area contributed by atoms with E-state index in [9.17, 15) is 9.59 Å². The van der Waals surface area contributed by atoms with Gasteiger partial charge in [0.1, 0.15) is 5.75 Å². The van der Waals surface area contributed by atoms with Gasteiger partial charge in [-0.3, -0.25) is 9.59 Å². The average Bonchev–Trinajstić information content (AvgIpc) is 3.00. The third-order valence-corrected chi connectivity index (χ3v) is 8.19. The van der Waals surface area contributed by atoms with Crippen molar-refractivity contribution < 1.29 is 19.0 Å². The molecule has 0 radical (unpaired) electrons. The van der Waals surface area contributed by atoms with Crippen molar-refractivity contribution in [3.05, 3.63) is 85.1 Å². The number of fused-ring (bicyclic) bond motifs is 1. The summed E-state index contributed by atoms with van der Waals surface area (Å²) in [7, 11) is 0. The van der Waals surface area contributed by atoms with Gasteiger partial charge in [-0.15, -0.1) is 0 Å². The van der Waals surface area contributed by atoms with Crippen molar-refractivity contribution in [3.63, 3.8) is 0 Å². The molecule has 4 aromatic rings. The van der Waals surface area contributed by atoms with Crippen LogP contribution < -0.4 is 15.0 Å². The summed E-state index contributed by atoms with van der Waals surface area (Å²) < 4.78 is 18.9. The van der Waals surface area contributed by atoms with Crippen LogP contribution in [-0.4, -0.2) is 66.2 Å². The van der Waals surface area contributed by atoms with E-state index in [0.717, 1.165) is 22.4 Å². The van der Waals surface area contributed by atoms with Gasteiger partial charge < -0.3 is 19.1 Å². The fourth-order valence-corrected chi connectivity index (χ4v) is 6.02. The lowest BCUT2D eigenvalue weighted by Crippen LogP contribution is -2.43. The van der Waals surface area contributed by atoms with Crippen molar-refractivity contribution in [1.82, 2.24) is 14.6 Å². The van der Waals surface area contributed by atoms with Gasteiger partial charge in [-0.1, -0.05) is 37.6 Å². The summed E-state index contributed by atoms with van der Waals surface area (Å²) in [6.45, 7) is 10.6. The summed E-state index contributed by atoms with van der Waals surface area (Å²) in [5.41, 5.74) is 3.60. The molecule has 0 spiro atoms. The van der Waals surface area contributed by atoms with E-state index in [1.54, 1.807) is 35.4 Å². The maximum Gasteiger partial charge on any atom is 0.282 e. The normalized spacial score (nSPS) is 13.7. The molecule has 44 heavy (non-hydrogen) atoms. The van der Waals surface area contributed by atoms with Gasteiger partial charge in [-0.05, 0) is 88.8 Å². The highest BCUT2D eigenvalue weighted by molar-refractivity contribution is 9.10. The molecule has 1 saturated heterocycles. The lowest BCUT2D eigenvalue weighted by Gasteiger charge is -2.26. The van der Waals surface area contributed by atoms with Crippen molar-refractivity contribution in [2.45, 2.75) is 33.6 Å². The van der Waals surface area contributed by atoms with Gasteiger partial charge >= 0.3 is 0 Å². The van der Waals surface area contributed by atoms with Crippen LogP contribution in [0.25, 0.3) is 22.3 Å². The number of benzene rings is 3. The molecule has 1 amide bonds. The van der Waals surface area contributed by atoms with E-state index in [-0.39, 0.29) is 24.0 Å². The van der Waals surface area contributed by atoms with Gasteiger partial charge in [0.2, 0.25) is 0 Å². The molecule has 0 bridgehead atoms. The number of hydrogen-bond acceptors (Lipinski definition) is 7. The fraction of sp³-hybridized carbons (Fsp3) is 0.333. The van der Waals surface area contributed by atoms with Gasteiger partial charge in [-0.25, -0.2) is 4.98 Å². The second-order valence-electron chi connectivity index (χ2n) is 10.7. The molecule has 9 nitrogen and oxygen atoms in total. The largest absolute Gasteiger partial charge is 0.494 e. The molecule has 0 unspecified atom stereocenters. The third kappa shape index (κ3) is 6.82. The van der Waals surface area contributed by atoms with Crippen molar-refractivity contribution >= 4 is 50.6 Å². The highest BCUT2D eigenvalue weighted by atomic mass is 79.9. The first-order chi connectivity index (χ1) is 21.2. The van der Waals surface area contributed by atoms with Gasteiger partial charge in [0.15, 0.2) is 18.2 Å².